The van der Waals surface area contributed by atoms with Gasteiger partial charge in [0, 0.05) is 13.2 Å². The molecule has 2 amide bonds. The highest BCUT2D eigenvalue weighted by Gasteiger charge is 2.39. The second-order valence-electron chi connectivity index (χ2n) is 5.49. The fourth-order valence-electron chi connectivity index (χ4n) is 2.44. The first-order valence-corrected chi connectivity index (χ1v) is 7.14. The number of amides is 2. The number of imide groups is 1. The highest BCUT2D eigenvalue weighted by atomic mass is 16.7. The molecule has 0 saturated heterocycles. The van der Waals surface area contributed by atoms with Crippen molar-refractivity contribution in [1.82, 2.24) is 14.8 Å². The van der Waals surface area contributed by atoms with Gasteiger partial charge < -0.3 is 4.84 Å². The molecular formula is C16H15N3O4. The number of rotatable bonds is 4. The van der Waals surface area contributed by atoms with E-state index >= 15 is 0 Å². The molecule has 1 aromatic heterocycles. The summed E-state index contributed by atoms with van der Waals surface area (Å²) in [7, 11) is 1.78. The lowest BCUT2D eigenvalue weighted by Gasteiger charge is -2.15. The zero-order valence-corrected chi connectivity index (χ0v) is 12.7. The normalized spacial score (nSPS) is 14.8. The van der Waals surface area contributed by atoms with Crippen molar-refractivity contribution in [2.24, 2.45) is 13.0 Å². The molecule has 1 atom stereocenters. The Morgan fingerprint density at radius 3 is 2.35 bits per heavy atom. The van der Waals surface area contributed by atoms with Gasteiger partial charge in [-0.1, -0.05) is 24.1 Å². The van der Waals surface area contributed by atoms with Crippen molar-refractivity contribution in [1.29, 1.82) is 0 Å². The Morgan fingerprint density at radius 2 is 1.83 bits per heavy atom. The van der Waals surface area contributed by atoms with Gasteiger partial charge in [-0.2, -0.15) is 5.10 Å². The Balaban J connectivity index is 1.69. The minimum absolute atomic E-state index is 0.241. The molecule has 2 heterocycles. The van der Waals surface area contributed by atoms with E-state index in [2.05, 4.69) is 5.10 Å². The van der Waals surface area contributed by atoms with Crippen LogP contribution in [0.5, 0.6) is 0 Å². The first-order valence-electron chi connectivity index (χ1n) is 7.14. The summed E-state index contributed by atoms with van der Waals surface area (Å²) in [5, 5.41) is 4.56. The molecule has 118 valence electrons. The molecule has 23 heavy (non-hydrogen) atoms. The lowest BCUT2D eigenvalue weighted by molar-refractivity contribution is -0.173. The molecule has 1 unspecified atom stereocenters. The number of aromatic nitrogens is 2. The minimum atomic E-state index is -0.636. The summed E-state index contributed by atoms with van der Waals surface area (Å²) in [4.78, 5) is 41.5. The molecule has 1 aliphatic heterocycles. The number of benzene rings is 1. The summed E-state index contributed by atoms with van der Waals surface area (Å²) >= 11 is 0. The van der Waals surface area contributed by atoms with Gasteiger partial charge in [0.25, 0.3) is 11.8 Å². The van der Waals surface area contributed by atoms with Gasteiger partial charge in [-0.15, -0.1) is 0 Å². The molecule has 0 saturated carbocycles. The molecule has 7 nitrogen and oxygen atoms in total. The number of hydrogen-bond donors (Lipinski definition) is 0. The van der Waals surface area contributed by atoms with Crippen molar-refractivity contribution in [3.05, 3.63) is 53.3 Å². The van der Waals surface area contributed by atoms with E-state index in [1.54, 1.807) is 43.2 Å². The highest BCUT2D eigenvalue weighted by molar-refractivity contribution is 6.20. The van der Waals surface area contributed by atoms with E-state index in [-0.39, 0.29) is 11.1 Å². The molecule has 1 aromatic carbocycles. The highest BCUT2D eigenvalue weighted by Crippen LogP contribution is 2.23. The van der Waals surface area contributed by atoms with E-state index in [0.29, 0.717) is 11.5 Å². The Kier molecular flexibility index (Phi) is 3.69. The van der Waals surface area contributed by atoms with Gasteiger partial charge in [0.15, 0.2) is 0 Å². The second kappa shape index (κ2) is 5.68. The average molecular weight is 313 g/mol. The van der Waals surface area contributed by atoms with Gasteiger partial charge >= 0.3 is 5.97 Å². The monoisotopic (exact) mass is 313 g/mol. The molecular weight excluding hydrogens is 298 g/mol. The Morgan fingerprint density at radius 1 is 1.22 bits per heavy atom. The van der Waals surface area contributed by atoms with Crippen LogP contribution >= 0.6 is 0 Å². The van der Waals surface area contributed by atoms with Crippen molar-refractivity contribution in [3.8, 4) is 0 Å². The molecule has 0 spiro atoms. The Bertz CT molecular complexity index is 761. The van der Waals surface area contributed by atoms with Crippen LogP contribution in [0, 0.1) is 5.92 Å². The quantitative estimate of drug-likeness (QED) is 0.796. The lowest BCUT2D eigenvalue weighted by Crippen LogP contribution is -2.35. The zero-order valence-electron chi connectivity index (χ0n) is 12.7. The molecule has 0 aliphatic carbocycles. The van der Waals surface area contributed by atoms with Gasteiger partial charge in [-0.3, -0.25) is 14.3 Å². The van der Waals surface area contributed by atoms with Crippen LogP contribution in [0.1, 0.15) is 33.2 Å². The van der Waals surface area contributed by atoms with Gasteiger partial charge in [0.1, 0.15) is 0 Å². The van der Waals surface area contributed by atoms with E-state index in [4.69, 9.17) is 4.84 Å². The Labute approximate surface area is 132 Å². The number of carbonyl (C=O) groups excluding carboxylic acids is 3. The summed E-state index contributed by atoms with van der Waals surface area (Å²) in [5.41, 5.74) is 1.36. The maximum atomic E-state index is 12.2. The fourth-order valence-corrected chi connectivity index (χ4v) is 2.44. The van der Waals surface area contributed by atoms with Crippen molar-refractivity contribution in [3.63, 3.8) is 0 Å². The molecule has 7 heteroatoms. The number of hydrogen-bond acceptors (Lipinski definition) is 5. The minimum Gasteiger partial charge on any atom is -0.329 e. The molecule has 0 radical (unpaired) electrons. The third-order valence-electron chi connectivity index (χ3n) is 3.64. The molecule has 0 N–H and O–H groups in total. The molecule has 0 bridgehead atoms. The SMILES string of the molecule is CC(Cc1cnn(C)c1)C(=O)ON1C(=O)c2ccccc2C1=O. The number of aryl methyl sites for hydroxylation is 1. The fraction of sp³-hybridized carbons (Fsp3) is 0.250. The van der Waals surface area contributed by atoms with Crippen LogP contribution in [-0.4, -0.2) is 32.6 Å². The van der Waals surface area contributed by atoms with E-state index in [1.807, 2.05) is 0 Å². The molecule has 0 fully saturated rings. The second-order valence-corrected chi connectivity index (χ2v) is 5.49. The van der Waals surface area contributed by atoms with Crippen molar-refractivity contribution in [2.45, 2.75) is 13.3 Å². The Hall–Kier alpha value is -2.96. The summed E-state index contributed by atoms with van der Waals surface area (Å²) in [6.45, 7) is 1.67. The summed E-state index contributed by atoms with van der Waals surface area (Å²) in [6, 6.07) is 6.37. The van der Waals surface area contributed by atoms with E-state index in [0.717, 1.165) is 5.56 Å². The van der Waals surface area contributed by atoms with E-state index in [1.165, 1.54) is 12.1 Å². The summed E-state index contributed by atoms with van der Waals surface area (Å²) in [5.74, 6) is -2.38. The molecule has 2 aromatic rings. The van der Waals surface area contributed by atoms with Crippen molar-refractivity contribution >= 4 is 17.8 Å². The van der Waals surface area contributed by atoms with E-state index < -0.39 is 23.7 Å². The van der Waals surface area contributed by atoms with Crippen molar-refractivity contribution < 1.29 is 19.2 Å². The van der Waals surface area contributed by atoms with Crippen molar-refractivity contribution in [2.75, 3.05) is 0 Å². The zero-order chi connectivity index (χ0) is 16.6. The third-order valence-corrected chi connectivity index (χ3v) is 3.64. The third kappa shape index (κ3) is 2.73. The number of nitrogens with zero attached hydrogens (tertiary/aromatic N) is 3. The topological polar surface area (TPSA) is 81.5 Å². The smallest absolute Gasteiger partial charge is 0.329 e. The number of carbonyl (C=O) groups is 3. The van der Waals surface area contributed by atoms with Crippen LogP contribution in [0.2, 0.25) is 0 Å². The predicted molar refractivity (Wildman–Crippen MR) is 79.1 cm³/mol. The number of hydroxylamine groups is 2. The lowest BCUT2D eigenvalue weighted by atomic mass is 10.0. The number of fused-ring (bicyclic) bond motifs is 1. The van der Waals surface area contributed by atoms with Crippen LogP contribution in [0.4, 0.5) is 0 Å². The average Bonchev–Trinajstić information content (AvgIpc) is 3.04. The van der Waals surface area contributed by atoms with Gasteiger partial charge in [-0.25, -0.2) is 4.79 Å². The maximum Gasteiger partial charge on any atom is 0.336 e. The molecule has 1 aliphatic rings. The van der Waals surface area contributed by atoms with Crippen LogP contribution in [0.25, 0.3) is 0 Å². The summed E-state index contributed by atoms with van der Waals surface area (Å²) in [6.07, 6.45) is 3.87. The first-order chi connectivity index (χ1) is 11.0. The molecule has 3 rings (SSSR count). The van der Waals surface area contributed by atoms with Crippen LogP contribution in [0.15, 0.2) is 36.7 Å². The standard InChI is InChI=1S/C16H15N3O4/c1-10(7-11-8-17-18(2)9-11)16(22)23-19-14(20)12-5-3-4-6-13(12)15(19)21/h3-6,8-10H,7H2,1-2H3. The first kappa shape index (κ1) is 15.0. The predicted octanol–water partition coefficient (Wildman–Crippen LogP) is 1.35. The maximum absolute atomic E-state index is 12.2. The van der Waals surface area contributed by atoms with Gasteiger partial charge in [0.2, 0.25) is 0 Å². The van der Waals surface area contributed by atoms with Gasteiger partial charge in [0.05, 0.1) is 23.2 Å². The van der Waals surface area contributed by atoms with Crippen LogP contribution < -0.4 is 0 Å². The largest absolute Gasteiger partial charge is 0.336 e. The van der Waals surface area contributed by atoms with Crippen LogP contribution in [0.3, 0.4) is 0 Å². The van der Waals surface area contributed by atoms with E-state index in [9.17, 15) is 14.4 Å². The van der Waals surface area contributed by atoms with Gasteiger partial charge in [-0.05, 0) is 24.1 Å². The summed E-state index contributed by atoms with van der Waals surface area (Å²) < 4.78 is 1.64. The van der Waals surface area contributed by atoms with Crippen LogP contribution in [-0.2, 0) is 23.1 Å².